The molecule has 2 aromatic rings. The Labute approximate surface area is 187 Å². The molecule has 1 fully saturated rings. The van der Waals surface area contributed by atoms with Crippen molar-refractivity contribution in [3.05, 3.63) is 58.1 Å². The number of hydrogen-bond acceptors (Lipinski definition) is 4. The molecule has 30 heavy (non-hydrogen) atoms. The number of carbonyl (C=O) groups excluding carboxylic acids is 2. The molecule has 0 radical (unpaired) electrons. The van der Waals surface area contributed by atoms with E-state index in [0.717, 1.165) is 38.3 Å². The average Bonchev–Trinajstić information content (AvgIpc) is 2.71. The molecule has 8 heteroatoms. The summed E-state index contributed by atoms with van der Waals surface area (Å²) in [7, 11) is 0. The predicted octanol–water partition coefficient (Wildman–Crippen LogP) is 4.10. The largest absolute Gasteiger partial charge is 0.326 e. The third kappa shape index (κ3) is 5.95. The van der Waals surface area contributed by atoms with Gasteiger partial charge in [0.25, 0.3) is 0 Å². The summed E-state index contributed by atoms with van der Waals surface area (Å²) in [6.45, 7) is 7.38. The molecule has 0 bridgehead atoms. The van der Waals surface area contributed by atoms with Crippen molar-refractivity contribution < 1.29 is 9.59 Å². The van der Waals surface area contributed by atoms with Gasteiger partial charge in [-0.2, -0.15) is 0 Å². The highest BCUT2D eigenvalue weighted by Crippen LogP contribution is 2.27. The van der Waals surface area contributed by atoms with Gasteiger partial charge < -0.3 is 10.6 Å². The number of halogens is 2. The molecular weight excluding hydrogens is 423 g/mol. The predicted molar refractivity (Wildman–Crippen MR) is 122 cm³/mol. The summed E-state index contributed by atoms with van der Waals surface area (Å²) in [5, 5.41) is 6.84. The Hall–Kier alpha value is -2.12. The van der Waals surface area contributed by atoms with Gasteiger partial charge >= 0.3 is 0 Å². The van der Waals surface area contributed by atoms with Gasteiger partial charge in [-0.05, 0) is 36.8 Å². The van der Waals surface area contributed by atoms with Gasteiger partial charge in [-0.3, -0.25) is 19.4 Å². The lowest BCUT2D eigenvalue weighted by Crippen LogP contribution is -2.52. The number of amides is 2. The smallest absolute Gasteiger partial charge is 0.241 e. The van der Waals surface area contributed by atoms with Gasteiger partial charge in [0.1, 0.15) is 0 Å². The molecule has 0 aliphatic carbocycles. The Morgan fingerprint density at radius 2 is 1.63 bits per heavy atom. The van der Waals surface area contributed by atoms with Crippen molar-refractivity contribution in [3.8, 4) is 0 Å². The van der Waals surface area contributed by atoms with E-state index in [-0.39, 0.29) is 17.9 Å². The molecule has 160 valence electrons. The molecule has 2 aromatic carbocycles. The maximum absolute atomic E-state index is 12.7. The normalized spacial score (nSPS) is 16.1. The van der Waals surface area contributed by atoms with Crippen molar-refractivity contribution in [2.24, 2.45) is 0 Å². The third-order valence-corrected chi connectivity index (χ3v) is 6.07. The van der Waals surface area contributed by atoms with E-state index < -0.39 is 0 Å². The van der Waals surface area contributed by atoms with Crippen LogP contribution in [-0.2, 0) is 16.1 Å². The first-order valence-corrected chi connectivity index (χ1v) is 10.7. The molecule has 1 atom stereocenters. The molecule has 2 amide bonds. The maximum atomic E-state index is 12.7. The second-order valence-electron chi connectivity index (χ2n) is 7.45. The zero-order chi connectivity index (χ0) is 21.7. The van der Waals surface area contributed by atoms with Crippen LogP contribution in [0.4, 0.5) is 11.4 Å². The quantitative estimate of drug-likeness (QED) is 0.697. The number of anilines is 2. The molecule has 0 spiro atoms. The first kappa shape index (κ1) is 22.6. The summed E-state index contributed by atoms with van der Waals surface area (Å²) in [6, 6.07) is 12.6. The first-order valence-electron chi connectivity index (χ1n) is 9.91. The Kier molecular flexibility index (Phi) is 7.72. The van der Waals surface area contributed by atoms with E-state index in [4.69, 9.17) is 23.2 Å². The highest BCUT2D eigenvalue weighted by molar-refractivity contribution is 6.42. The van der Waals surface area contributed by atoms with Gasteiger partial charge in [-0.25, -0.2) is 0 Å². The Morgan fingerprint density at radius 1 is 1.00 bits per heavy atom. The lowest BCUT2D eigenvalue weighted by molar-refractivity contribution is -0.121. The Bertz CT molecular complexity index is 914. The van der Waals surface area contributed by atoms with Crippen LogP contribution in [0.3, 0.4) is 0 Å². The third-order valence-electron chi connectivity index (χ3n) is 5.21. The van der Waals surface area contributed by atoms with E-state index in [2.05, 4.69) is 20.4 Å². The fourth-order valence-corrected chi connectivity index (χ4v) is 3.89. The summed E-state index contributed by atoms with van der Waals surface area (Å²) in [5.41, 5.74) is 2.33. The number of nitrogens with zero attached hydrogens (tertiary/aromatic N) is 2. The number of hydrogen-bond donors (Lipinski definition) is 2. The van der Waals surface area contributed by atoms with Crippen LogP contribution >= 0.6 is 23.2 Å². The summed E-state index contributed by atoms with van der Waals surface area (Å²) in [5.74, 6) is -0.218. The standard InChI is InChI=1S/C22H26Cl2N4O2/c1-15(22(30)26-19-7-4-6-18(13-19)25-16(2)29)28-11-9-27(10-12-28)14-17-5-3-8-20(23)21(17)24/h3-8,13,15H,9-12,14H2,1-2H3,(H,25,29)(H,26,30). The van der Waals surface area contributed by atoms with Gasteiger partial charge in [0.15, 0.2) is 0 Å². The molecule has 6 nitrogen and oxygen atoms in total. The summed E-state index contributed by atoms with van der Waals surface area (Å²) >= 11 is 12.4. The van der Waals surface area contributed by atoms with E-state index >= 15 is 0 Å². The molecule has 1 unspecified atom stereocenters. The average molecular weight is 449 g/mol. The number of piperazine rings is 1. The summed E-state index contributed by atoms with van der Waals surface area (Å²) < 4.78 is 0. The van der Waals surface area contributed by atoms with Crippen molar-refractivity contribution in [1.82, 2.24) is 9.80 Å². The second-order valence-corrected chi connectivity index (χ2v) is 8.24. The van der Waals surface area contributed by atoms with Crippen LogP contribution in [0.25, 0.3) is 0 Å². The van der Waals surface area contributed by atoms with Crippen LogP contribution in [0, 0.1) is 0 Å². The first-order chi connectivity index (χ1) is 14.3. The van der Waals surface area contributed by atoms with Gasteiger partial charge in [-0.15, -0.1) is 0 Å². The number of carbonyl (C=O) groups is 2. The van der Waals surface area contributed by atoms with Crippen LogP contribution in [0.1, 0.15) is 19.4 Å². The van der Waals surface area contributed by atoms with Gasteiger partial charge in [0.2, 0.25) is 11.8 Å². The fraction of sp³-hybridized carbons (Fsp3) is 0.364. The van der Waals surface area contributed by atoms with Gasteiger partial charge in [-0.1, -0.05) is 41.4 Å². The number of benzene rings is 2. The zero-order valence-corrected chi connectivity index (χ0v) is 18.6. The van der Waals surface area contributed by atoms with Crippen molar-refractivity contribution in [1.29, 1.82) is 0 Å². The Balaban J connectivity index is 1.52. The van der Waals surface area contributed by atoms with Gasteiger partial charge in [0, 0.05) is 51.0 Å². The lowest BCUT2D eigenvalue weighted by Gasteiger charge is -2.37. The number of nitrogens with one attached hydrogen (secondary N) is 2. The highest BCUT2D eigenvalue weighted by atomic mass is 35.5. The topological polar surface area (TPSA) is 64.7 Å². The van der Waals surface area contributed by atoms with E-state index in [1.165, 1.54) is 6.92 Å². The van der Waals surface area contributed by atoms with Crippen LogP contribution in [-0.4, -0.2) is 53.8 Å². The maximum Gasteiger partial charge on any atom is 0.241 e. The monoisotopic (exact) mass is 448 g/mol. The molecule has 1 aliphatic rings. The van der Waals surface area contributed by atoms with Crippen LogP contribution in [0.2, 0.25) is 10.0 Å². The lowest BCUT2D eigenvalue weighted by atomic mass is 10.1. The molecule has 1 saturated heterocycles. The van der Waals surface area contributed by atoms with E-state index in [1.54, 1.807) is 24.3 Å². The summed E-state index contributed by atoms with van der Waals surface area (Å²) in [6.07, 6.45) is 0. The molecular formula is C22H26Cl2N4O2. The van der Waals surface area contributed by atoms with Crippen molar-refractivity contribution in [2.45, 2.75) is 26.4 Å². The van der Waals surface area contributed by atoms with Crippen molar-refractivity contribution in [3.63, 3.8) is 0 Å². The second kappa shape index (κ2) is 10.3. The van der Waals surface area contributed by atoms with E-state index in [0.29, 0.717) is 21.4 Å². The van der Waals surface area contributed by atoms with Crippen LogP contribution in [0.15, 0.2) is 42.5 Å². The molecule has 1 heterocycles. The highest BCUT2D eigenvalue weighted by Gasteiger charge is 2.26. The minimum atomic E-state index is -0.258. The molecule has 2 N–H and O–H groups in total. The van der Waals surface area contributed by atoms with Crippen molar-refractivity contribution in [2.75, 3.05) is 36.8 Å². The zero-order valence-electron chi connectivity index (χ0n) is 17.1. The molecule has 1 aliphatic heterocycles. The van der Waals surface area contributed by atoms with Crippen LogP contribution < -0.4 is 10.6 Å². The van der Waals surface area contributed by atoms with Crippen molar-refractivity contribution >= 4 is 46.4 Å². The summed E-state index contributed by atoms with van der Waals surface area (Å²) in [4.78, 5) is 28.4. The van der Waals surface area contributed by atoms with Gasteiger partial charge in [0.05, 0.1) is 16.1 Å². The van der Waals surface area contributed by atoms with E-state index in [9.17, 15) is 9.59 Å². The van der Waals surface area contributed by atoms with E-state index in [1.807, 2.05) is 25.1 Å². The SMILES string of the molecule is CC(=O)Nc1cccc(NC(=O)C(C)N2CCN(Cc3cccc(Cl)c3Cl)CC2)c1. The Morgan fingerprint density at radius 3 is 2.30 bits per heavy atom. The molecule has 0 saturated carbocycles. The number of rotatable bonds is 6. The molecule has 3 rings (SSSR count). The van der Waals surface area contributed by atoms with Crippen LogP contribution in [0.5, 0.6) is 0 Å². The minimum absolute atomic E-state index is 0.0682. The fourth-order valence-electron chi connectivity index (χ4n) is 3.51. The molecule has 0 aromatic heterocycles. The minimum Gasteiger partial charge on any atom is -0.326 e.